The maximum Gasteiger partial charge on any atom is 0.597 e. The summed E-state index contributed by atoms with van der Waals surface area (Å²) >= 11 is 0. The second-order valence-electron chi connectivity index (χ2n) is 5.81. The Labute approximate surface area is 119 Å². The minimum Gasteiger partial charge on any atom is -0.250 e. The Kier molecular flexibility index (Phi) is 3.14. The molecule has 0 fully saturated rings. The number of benzene rings is 2. The molecule has 0 amide bonds. The van der Waals surface area contributed by atoms with Gasteiger partial charge in [0.2, 0.25) is 5.12 Å². The monoisotopic (exact) mass is 285 g/mol. The summed E-state index contributed by atoms with van der Waals surface area (Å²) in [7, 11) is -1.80. The van der Waals surface area contributed by atoms with Crippen LogP contribution in [-0.2, 0) is 9.98 Å². The van der Waals surface area contributed by atoms with Gasteiger partial charge in [-0.15, -0.1) is 0 Å². The first kappa shape index (κ1) is 13.3. The minimum absolute atomic E-state index is 0.119. The maximum absolute atomic E-state index is 12.2. The quantitative estimate of drug-likeness (QED) is 0.539. The summed E-state index contributed by atoms with van der Waals surface area (Å²) in [5, 5.41) is 2.88. The summed E-state index contributed by atoms with van der Waals surface area (Å²) in [4.78, 5) is 0. The summed E-state index contributed by atoms with van der Waals surface area (Å²) in [5.41, 5.74) is 2.11. The predicted octanol–water partition coefficient (Wildman–Crippen LogP) is 6.02. The van der Waals surface area contributed by atoms with Crippen LogP contribution in [0, 0.1) is 0 Å². The molecule has 102 valence electrons. The average Bonchev–Trinajstić information content (AvgIpc) is 2.47. The molecule has 0 aliphatic rings. The van der Waals surface area contributed by atoms with E-state index in [1.807, 2.05) is 30.3 Å². The summed E-state index contributed by atoms with van der Waals surface area (Å²) in [5.74, 6) is 0. The Morgan fingerprint density at radius 3 is 2.60 bits per heavy atom. The smallest absolute Gasteiger partial charge is 0.250 e. The lowest BCUT2D eigenvalue weighted by atomic mass is 9.82. The van der Waals surface area contributed by atoms with E-state index >= 15 is 0 Å². The van der Waals surface area contributed by atoms with Gasteiger partial charge in [-0.2, -0.15) is 0 Å². The largest absolute Gasteiger partial charge is 0.597 e. The fourth-order valence-corrected chi connectivity index (χ4v) is 3.46. The molecule has 1 heterocycles. The van der Waals surface area contributed by atoms with Gasteiger partial charge >= 0.3 is 7.65 Å². The van der Waals surface area contributed by atoms with Crippen LogP contribution in [0.4, 0.5) is 0 Å². The van der Waals surface area contributed by atoms with E-state index in [4.69, 9.17) is 4.20 Å². The van der Waals surface area contributed by atoms with E-state index in [2.05, 4.69) is 32.9 Å². The SMILES string of the molecule is CCC(C)(C)c1ccc2c(c1)c1ccccc1o[p+]2=O. The van der Waals surface area contributed by atoms with E-state index in [1.54, 1.807) is 0 Å². The zero-order chi connectivity index (χ0) is 14.3. The Hall–Kier alpha value is -1.66. The lowest BCUT2D eigenvalue weighted by Crippen LogP contribution is -2.15. The standard InChI is InChI=1S/C17H18O2P/c1-4-17(2,3)12-9-10-16-14(11-12)13-7-5-6-8-15(13)19-20(16)18/h5-11H,4H2,1-3H3/q+1. The molecule has 3 heteroatoms. The fourth-order valence-electron chi connectivity index (χ4n) is 2.44. The van der Waals surface area contributed by atoms with Gasteiger partial charge in [0.25, 0.3) is 0 Å². The van der Waals surface area contributed by atoms with Crippen LogP contribution in [0.5, 0.6) is 0 Å². The number of hydrogen-bond donors (Lipinski definition) is 0. The lowest BCUT2D eigenvalue weighted by Gasteiger charge is -2.23. The van der Waals surface area contributed by atoms with Crippen LogP contribution in [-0.4, -0.2) is 0 Å². The third kappa shape index (κ3) is 2.05. The second-order valence-corrected chi connectivity index (χ2v) is 6.99. The van der Waals surface area contributed by atoms with Crippen molar-refractivity contribution in [3.63, 3.8) is 0 Å². The normalized spacial score (nSPS) is 13.1. The molecule has 0 spiro atoms. The van der Waals surface area contributed by atoms with Crippen LogP contribution in [0.25, 0.3) is 21.5 Å². The van der Waals surface area contributed by atoms with E-state index in [0.29, 0.717) is 5.58 Å². The van der Waals surface area contributed by atoms with Gasteiger partial charge in [0.1, 0.15) is 0 Å². The second kappa shape index (κ2) is 4.71. The highest BCUT2D eigenvalue weighted by Crippen LogP contribution is 2.38. The van der Waals surface area contributed by atoms with Crippen LogP contribution in [0.3, 0.4) is 0 Å². The van der Waals surface area contributed by atoms with Crippen molar-refractivity contribution in [1.29, 1.82) is 0 Å². The van der Waals surface area contributed by atoms with Gasteiger partial charge in [0.05, 0.1) is 0 Å². The first-order chi connectivity index (χ1) is 9.53. The molecule has 0 radical (unpaired) electrons. The summed E-state index contributed by atoms with van der Waals surface area (Å²) in [6, 6.07) is 14.0. The fraction of sp³-hybridized carbons (Fsp3) is 0.294. The minimum atomic E-state index is -1.80. The molecule has 0 aliphatic heterocycles. The summed E-state index contributed by atoms with van der Waals surface area (Å²) in [6.07, 6.45) is 1.07. The van der Waals surface area contributed by atoms with Crippen LogP contribution in [0.2, 0.25) is 0 Å². The van der Waals surface area contributed by atoms with Crippen molar-refractivity contribution in [1.82, 2.24) is 0 Å². The molecular formula is C17H18O2P+. The average molecular weight is 285 g/mol. The Balaban J connectivity index is 2.43. The van der Waals surface area contributed by atoms with Gasteiger partial charge in [0, 0.05) is 10.8 Å². The van der Waals surface area contributed by atoms with Crippen molar-refractivity contribution in [3.8, 4) is 0 Å². The molecule has 0 saturated carbocycles. The van der Waals surface area contributed by atoms with Gasteiger partial charge in [-0.3, -0.25) is 0 Å². The molecule has 20 heavy (non-hydrogen) atoms. The van der Waals surface area contributed by atoms with Crippen molar-refractivity contribution in [2.24, 2.45) is 0 Å². The third-order valence-corrected chi connectivity index (χ3v) is 5.36. The number of fused-ring (bicyclic) bond motifs is 3. The molecule has 0 saturated heterocycles. The highest BCUT2D eigenvalue weighted by molar-refractivity contribution is 7.37. The highest BCUT2D eigenvalue weighted by Gasteiger charge is 2.22. The molecule has 0 aliphatic carbocycles. The zero-order valence-corrected chi connectivity index (χ0v) is 12.9. The zero-order valence-electron chi connectivity index (χ0n) is 12.0. The number of rotatable bonds is 2. The van der Waals surface area contributed by atoms with E-state index in [1.165, 1.54) is 5.56 Å². The summed E-state index contributed by atoms with van der Waals surface area (Å²) in [6.45, 7) is 6.66. The van der Waals surface area contributed by atoms with Crippen LogP contribution < -0.4 is 0 Å². The third-order valence-electron chi connectivity index (χ3n) is 4.22. The van der Waals surface area contributed by atoms with E-state index in [0.717, 1.165) is 22.3 Å². The van der Waals surface area contributed by atoms with Crippen molar-refractivity contribution >= 4 is 29.1 Å². The molecule has 3 rings (SSSR count). The van der Waals surface area contributed by atoms with E-state index in [9.17, 15) is 4.57 Å². The molecule has 1 atom stereocenters. The number of hydrogen-bond acceptors (Lipinski definition) is 2. The maximum atomic E-state index is 12.2. The van der Waals surface area contributed by atoms with Crippen molar-refractivity contribution in [2.75, 3.05) is 0 Å². The molecule has 0 bridgehead atoms. The van der Waals surface area contributed by atoms with E-state index < -0.39 is 7.65 Å². The van der Waals surface area contributed by atoms with Gasteiger partial charge in [-0.05, 0) is 40.2 Å². The first-order valence-corrected chi connectivity index (χ1v) is 8.10. The van der Waals surface area contributed by atoms with Crippen LogP contribution >= 0.6 is 7.65 Å². The highest BCUT2D eigenvalue weighted by atomic mass is 31.1. The Morgan fingerprint density at radius 2 is 1.85 bits per heavy atom. The van der Waals surface area contributed by atoms with Gasteiger partial charge in [-0.1, -0.05) is 45.0 Å². The topological polar surface area (TPSA) is 30.2 Å². The van der Waals surface area contributed by atoms with Crippen LogP contribution in [0.1, 0.15) is 32.8 Å². The van der Waals surface area contributed by atoms with Crippen molar-refractivity contribution < 1.29 is 8.76 Å². The van der Waals surface area contributed by atoms with Crippen LogP contribution in [0.15, 0.2) is 46.7 Å². The molecule has 0 N–H and O–H groups in total. The molecule has 1 unspecified atom stereocenters. The van der Waals surface area contributed by atoms with Crippen molar-refractivity contribution in [2.45, 2.75) is 32.6 Å². The molecular weight excluding hydrogens is 267 g/mol. The predicted molar refractivity (Wildman–Crippen MR) is 84.6 cm³/mol. The lowest BCUT2D eigenvalue weighted by molar-refractivity contribution is 0.507. The molecule has 1 aromatic heterocycles. The Bertz CT molecular complexity index is 846. The van der Waals surface area contributed by atoms with Gasteiger partial charge in [-0.25, -0.2) is 4.20 Å². The number of para-hydroxylation sites is 1. The van der Waals surface area contributed by atoms with Gasteiger partial charge in [0.15, 0.2) is 5.58 Å². The van der Waals surface area contributed by atoms with Crippen molar-refractivity contribution in [3.05, 3.63) is 48.0 Å². The van der Waals surface area contributed by atoms with Gasteiger partial charge < -0.3 is 0 Å². The Morgan fingerprint density at radius 1 is 1.10 bits per heavy atom. The summed E-state index contributed by atoms with van der Waals surface area (Å²) < 4.78 is 17.7. The van der Waals surface area contributed by atoms with E-state index in [-0.39, 0.29) is 5.41 Å². The molecule has 3 aromatic rings. The molecule has 2 nitrogen and oxygen atoms in total. The first-order valence-electron chi connectivity index (χ1n) is 6.92. The molecule has 2 aromatic carbocycles.